The topological polar surface area (TPSA) is 222 Å². The maximum absolute atomic E-state index is 10.1. The molecule has 0 saturated heterocycles. The maximum Gasteiger partial charge on any atom is 0.432 e. The second-order valence-corrected chi connectivity index (χ2v) is 6.43. The zero-order valence-corrected chi connectivity index (χ0v) is 11.9. The fraction of sp³-hybridized carbons (Fsp3) is 1.00. The number of rotatable bonds is 7. The Balaban J connectivity index is 0. The number of hydrogen-bond acceptors (Lipinski definition) is 11. The highest BCUT2D eigenvalue weighted by Crippen LogP contribution is 2.03. The van der Waals surface area contributed by atoms with Gasteiger partial charge in [0.15, 0.2) is 0 Å². The smallest absolute Gasteiger partial charge is 0.396 e. The minimum Gasteiger partial charge on any atom is -0.396 e. The van der Waals surface area contributed by atoms with Gasteiger partial charge in [0.1, 0.15) is 0 Å². The van der Waals surface area contributed by atoms with Crippen LogP contribution in [0.5, 0.6) is 0 Å². The first-order valence-corrected chi connectivity index (χ1v) is 8.27. The molecule has 0 fully saturated rings. The van der Waals surface area contributed by atoms with Crippen LogP contribution in [0.1, 0.15) is 0 Å². The van der Waals surface area contributed by atoms with Crippen LogP contribution in [-0.4, -0.2) is 69.5 Å². The molecule has 5 N–H and O–H groups in total. The predicted octanol–water partition coefficient (Wildman–Crippen LogP) is -3.55. The van der Waals surface area contributed by atoms with Gasteiger partial charge >= 0.3 is 31.2 Å². The van der Waals surface area contributed by atoms with E-state index < -0.39 is 31.2 Å². The third-order valence-corrected chi connectivity index (χ3v) is 3.82. The molecule has 0 aliphatic heterocycles. The molecule has 0 amide bonds. The molecule has 0 aromatic carbocycles. The Morgan fingerprint density at radius 3 is 1.05 bits per heavy atom. The fourth-order valence-corrected chi connectivity index (χ4v) is 2.37. The van der Waals surface area contributed by atoms with Crippen LogP contribution in [0.15, 0.2) is 0 Å². The van der Waals surface area contributed by atoms with E-state index in [1.54, 1.807) is 0 Å². The van der Waals surface area contributed by atoms with E-state index in [-0.39, 0.29) is 25.7 Å². The highest BCUT2D eigenvalue weighted by Gasteiger charge is 2.27. The first-order chi connectivity index (χ1) is 8.76. The molecule has 0 saturated carbocycles. The van der Waals surface area contributed by atoms with Crippen molar-refractivity contribution >= 4 is 31.2 Å². The summed E-state index contributed by atoms with van der Waals surface area (Å²) in [5.74, 6) is -0.347. The van der Waals surface area contributed by atoms with Crippen LogP contribution in [0.25, 0.3) is 0 Å². The summed E-state index contributed by atoms with van der Waals surface area (Å²) in [6.45, 7) is -0.437. The molecule has 16 heteroatoms. The number of aliphatic hydroxyl groups excluding tert-OH is 3. The van der Waals surface area contributed by atoms with Crippen molar-refractivity contribution in [2.75, 3.05) is 19.8 Å². The van der Waals surface area contributed by atoms with Gasteiger partial charge in [0.2, 0.25) is 0 Å². The zero-order valence-electron chi connectivity index (χ0n) is 9.43. The van der Waals surface area contributed by atoms with Crippen LogP contribution in [0.4, 0.5) is 0 Å². The summed E-state index contributed by atoms with van der Waals surface area (Å²) < 4.78 is 80.2. The average molecular weight is 364 g/mol. The molecule has 0 radical (unpaired) electrons. The lowest BCUT2D eigenvalue weighted by Gasteiger charge is -2.02. The molecular formula is C4H12O13S3. The van der Waals surface area contributed by atoms with Gasteiger partial charge in [-0.15, -0.1) is 0 Å². The van der Waals surface area contributed by atoms with Crippen molar-refractivity contribution in [1.29, 1.82) is 0 Å². The third-order valence-electron chi connectivity index (χ3n) is 1.11. The van der Waals surface area contributed by atoms with E-state index in [0.29, 0.717) is 0 Å². The van der Waals surface area contributed by atoms with Crippen molar-refractivity contribution in [2.45, 2.75) is 0 Å². The van der Waals surface area contributed by atoms with Gasteiger partial charge in [-0.25, -0.2) is 0 Å². The molecule has 0 bridgehead atoms. The third kappa shape index (κ3) is 15.6. The molecule has 0 aliphatic carbocycles. The minimum atomic E-state index is -5.57. The Morgan fingerprint density at radius 1 is 0.700 bits per heavy atom. The van der Waals surface area contributed by atoms with Crippen molar-refractivity contribution in [1.82, 2.24) is 0 Å². The van der Waals surface area contributed by atoms with Gasteiger partial charge in [-0.05, 0) is 0 Å². The molecule has 20 heavy (non-hydrogen) atoms. The average Bonchev–Trinajstić information content (AvgIpc) is 2.13. The lowest BCUT2D eigenvalue weighted by Crippen LogP contribution is -2.18. The molecule has 0 atom stereocenters. The number of hydrogen-bond donors (Lipinski definition) is 5. The molecule has 124 valence electrons. The summed E-state index contributed by atoms with van der Waals surface area (Å²) >= 11 is 0. The van der Waals surface area contributed by atoms with Crippen LogP contribution in [0, 0.1) is 5.92 Å². The fourth-order valence-electron chi connectivity index (χ4n) is 0.395. The Bertz CT molecular complexity index is 505. The summed E-state index contributed by atoms with van der Waals surface area (Å²) in [5.41, 5.74) is 0. The standard InChI is InChI=1S/C4H10O3.H2O10S3/c5-1-4(2-6)3-7;1-11(2,3)9-13(7,8)10-12(4,5)6/h4-7H,1-3H2;(H,1,2,3)(H,4,5,6). The summed E-state index contributed by atoms with van der Waals surface area (Å²) in [6.07, 6.45) is 0. The van der Waals surface area contributed by atoms with Gasteiger partial charge in [-0.2, -0.15) is 25.3 Å². The van der Waals surface area contributed by atoms with E-state index in [1.165, 1.54) is 0 Å². The van der Waals surface area contributed by atoms with Gasteiger partial charge in [0, 0.05) is 5.92 Å². The lowest BCUT2D eigenvalue weighted by atomic mass is 10.2. The summed E-state index contributed by atoms with van der Waals surface area (Å²) in [4.78, 5) is 0. The molecular weight excluding hydrogens is 352 g/mol. The Labute approximate surface area is 114 Å². The Kier molecular flexibility index (Phi) is 9.58. The second-order valence-electron chi connectivity index (χ2n) is 2.81. The molecule has 0 aliphatic rings. The lowest BCUT2D eigenvalue weighted by molar-refractivity contribution is 0.0969. The van der Waals surface area contributed by atoms with Crippen molar-refractivity contribution in [2.24, 2.45) is 5.92 Å². The zero-order chi connectivity index (χ0) is 16.6. The van der Waals surface area contributed by atoms with Crippen molar-refractivity contribution in [3.63, 3.8) is 0 Å². The van der Waals surface area contributed by atoms with Crippen molar-refractivity contribution < 1.29 is 56.9 Å². The van der Waals surface area contributed by atoms with E-state index in [9.17, 15) is 25.3 Å². The first-order valence-electron chi connectivity index (χ1n) is 4.21. The van der Waals surface area contributed by atoms with Crippen LogP contribution >= 0.6 is 0 Å². The molecule has 0 rings (SSSR count). The van der Waals surface area contributed by atoms with Gasteiger partial charge in [0.25, 0.3) is 0 Å². The van der Waals surface area contributed by atoms with Crippen molar-refractivity contribution in [3.8, 4) is 0 Å². The van der Waals surface area contributed by atoms with E-state index in [2.05, 4.69) is 7.26 Å². The quantitative estimate of drug-likeness (QED) is 0.276. The SMILES string of the molecule is O=S(=O)(O)OS(=O)(=O)OS(=O)(=O)O.OCC(CO)CO. The minimum absolute atomic E-state index is 0.146. The van der Waals surface area contributed by atoms with Crippen molar-refractivity contribution in [3.05, 3.63) is 0 Å². The monoisotopic (exact) mass is 364 g/mol. The highest BCUT2D eigenvalue weighted by atomic mass is 32.3. The Morgan fingerprint density at radius 2 is 0.950 bits per heavy atom. The maximum atomic E-state index is 10.1. The predicted molar refractivity (Wildman–Crippen MR) is 58.9 cm³/mol. The first kappa shape index (κ1) is 21.9. The molecule has 0 spiro atoms. The van der Waals surface area contributed by atoms with Gasteiger partial charge < -0.3 is 15.3 Å². The Hall–Kier alpha value is -0.430. The van der Waals surface area contributed by atoms with Gasteiger partial charge in [-0.3, -0.25) is 9.11 Å². The van der Waals surface area contributed by atoms with E-state index >= 15 is 0 Å². The molecule has 0 heterocycles. The van der Waals surface area contributed by atoms with Gasteiger partial charge in [-0.1, -0.05) is 7.26 Å². The second kappa shape index (κ2) is 8.77. The molecule has 0 aromatic rings. The largest absolute Gasteiger partial charge is 0.432 e. The summed E-state index contributed by atoms with van der Waals surface area (Å²) in [6, 6.07) is 0. The number of aliphatic hydroxyl groups is 3. The van der Waals surface area contributed by atoms with Gasteiger partial charge in [0.05, 0.1) is 19.8 Å². The van der Waals surface area contributed by atoms with E-state index in [1.807, 2.05) is 0 Å². The summed E-state index contributed by atoms with van der Waals surface area (Å²) in [5, 5.41) is 24.6. The molecule has 0 aromatic heterocycles. The normalized spacial score (nSPS) is 12.9. The van der Waals surface area contributed by atoms with E-state index in [0.717, 1.165) is 0 Å². The van der Waals surface area contributed by atoms with Crippen LogP contribution < -0.4 is 0 Å². The van der Waals surface area contributed by atoms with Crippen LogP contribution in [0.3, 0.4) is 0 Å². The van der Waals surface area contributed by atoms with Crippen LogP contribution in [-0.2, 0) is 38.5 Å². The molecule has 0 unspecified atom stereocenters. The van der Waals surface area contributed by atoms with E-state index in [4.69, 9.17) is 24.4 Å². The van der Waals surface area contributed by atoms with Crippen LogP contribution in [0.2, 0.25) is 0 Å². The highest BCUT2D eigenvalue weighted by molar-refractivity contribution is 8.00. The summed E-state index contributed by atoms with van der Waals surface area (Å²) in [7, 11) is -16.5. The molecule has 13 nitrogen and oxygen atoms in total.